The van der Waals surface area contributed by atoms with Gasteiger partial charge in [-0.3, -0.25) is 10.1 Å². The lowest BCUT2D eigenvalue weighted by Gasteiger charge is -2.16. The molecule has 5 nitrogen and oxygen atoms in total. The Bertz CT molecular complexity index is 497. The van der Waals surface area contributed by atoms with Crippen LogP contribution in [-0.2, 0) is 4.79 Å². The monoisotopic (exact) mass is 395 g/mol. The lowest BCUT2D eigenvalue weighted by atomic mass is 10.2. The molecular weight excluding hydrogens is 381 g/mol. The minimum Gasteiger partial charge on any atom is -0.493 e. The molecule has 0 bridgehead atoms. The predicted octanol–water partition coefficient (Wildman–Crippen LogP) is 2.10. The molecule has 2 rings (SSSR count). The first-order valence-corrected chi connectivity index (χ1v) is 7.71. The molecule has 19 heavy (non-hydrogen) atoms. The minimum atomic E-state index is -0.815. The maximum Gasteiger partial charge on any atom is 0.321 e. The molecule has 0 aliphatic carbocycles. The number of methoxy groups -OCH3 is 2. The van der Waals surface area contributed by atoms with E-state index in [1.165, 1.54) is 0 Å². The van der Waals surface area contributed by atoms with Crippen LogP contribution < -0.4 is 14.8 Å². The Morgan fingerprint density at radius 3 is 2.74 bits per heavy atom. The molecule has 7 heteroatoms. The number of ether oxygens (including phenoxy) is 2. The quantitative estimate of drug-likeness (QED) is 0.762. The number of carboxylic acid groups (broad SMARTS) is 1. The molecule has 1 aliphatic heterocycles. The van der Waals surface area contributed by atoms with Gasteiger partial charge in [0.2, 0.25) is 0 Å². The summed E-state index contributed by atoms with van der Waals surface area (Å²) >= 11 is 3.76. The van der Waals surface area contributed by atoms with Gasteiger partial charge in [0, 0.05) is 5.75 Å². The Kier molecular flexibility index (Phi) is 4.80. The zero-order chi connectivity index (χ0) is 14.0. The summed E-state index contributed by atoms with van der Waals surface area (Å²) in [4.78, 5) is 10.9. The van der Waals surface area contributed by atoms with Crippen LogP contribution in [0.4, 0.5) is 0 Å². The van der Waals surface area contributed by atoms with Crippen molar-refractivity contribution in [3.63, 3.8) is 0 Å². The standard InChI is InChI=1S/C12H14INO4S/c1-17-9-4-6(3-7(13)10(9)18-2)11-14-8(5-19-11)12(15)16/h3-4,8,11,14H,5H2,1-2H3,(H,15,16)/t8-,11-/m0/s1. The summed E-state index contributed by atoms with van der Waals surface area (Å²) < 4.78 is 11.5. The molecule has 0 saturated carbocycles. The second-order valence-electron chi connectivity index (χ2n) is 4.01. The van der Waals surface area contributed by atoms with Gasteiger partial charge >= 0.3 is 5.97 Å². The number of aliphatic carboxylic acids is 1. The van der Waals surface area contributed by atoms with Crippen LogP contribution in [0.1, 0.15) is 10.9 Å². The van der Waals surface area contributed by atoms with E-state index < -0.39 is 12.0 Å². The van der Waals surface area contributed by atoms with Crippen molar-refractivity contribution in [3.8, 4) is 11.5 Å². The van der Waals surface area contributed by atoms with Crippen molar-refractivity contribution in [1.29, 1.82) is 0 Å². The Morgan fingerprint density at radius 1 is 1.47 bits per heavy atom. The summed E-state index contributed by atoms with van der Waals surface area (Å²) in [5.41, 5.74) is 0.996. The van der Waals surface area contributed by atoms with Crippen LogP contribution in [0.5, 0.6) is 11.5 Å². The van der Waals surface area contributed by atoms with Gasteiger partial charge in [-0.1, -0.05) is 0 Å². The fraction of sp³-hybridized carbons (Fsp3) is 0.417. The van der Waals surface area contributed by atoms with Crippen molar-refractivity contribution in [2.45, 2.75) is 11.4 Å². The van der Waals surface area contributed by atoms with Gasteiger partial charge < -0.3 is 14.6 Å². The number of hydrogen-bond acceptors (Lipinski definition) is 5. The number of carboxylic acids is 1. The Hall–Kier alpha value is -0.670. The molecule has 0 spiro atoms. The number of benzene rings is 1. The maximum absolute atomic E-state index is 10.9. The average Bonchev–Trinajstić information content (AvgIpc) is 2.87. The van der Waals surface area contributed by atoms with Gasteiger partial charge in [0.1, 0.15) is 6.04 Å². The van der Waals surface area contributed by atoms with E-state index in [-0.39, 0.29) is 5.37 Å². The van der Waals surface area contributed by atoms with Gasteiger partial charge in [-0.15, -0.1) is 11.8 Å². The summed E-state index contributed by atoms with van der Waals surface area (Å²) in [5.74, 6) is 1.10. The summed E-state index contributed by atoms with van der Waals surface area (Å²) in [6.07, 6.45) is 0. The van der Waals surface area contributed by atoms with Crippen LogP contribution >= 0.6 is 34.4 Å². The van der Waals surface area contributed by atoms with Crippen molar-refractivity contribution in [2.75, 3.05) is 20.0 Å². The highest BCUT2D eigenvalue weighted by atomic mass is 127. The van der Waals surface area contributed by atoms with Gasteiger partial charge in [0.15, 0.2) is 11.5 Å². The van der Waals surface area contributed by atoms with Crippen LogP contribution in [0.25, 0.3) is 0 Å². The summed E-state index contributed by atoms with van der Waals surface area (Å²) in [6.45, 7) is 0. The number of nitrogens with one attached hydrogen (secondary N) is 1. The number of carbonyl (C=O) groups is 1. The van der Waals surface area contributed by atoms with Gasteiger partial charge in [-0.05, 0) is 40.3 Å². The number of thioether (sulfide) groups is 1. The second-order valence-corrected chi connectivity index (χ2v) is 6.31. The van der Waals surface area contributed by atoms with Gasteiger partial charge in [0.25, 0.3) is 0 Å². The SMILES string of the molecule is COc1cc([C@H]2N[C@H](C(=O)O)CS2)cc(I)c1OC. The van der Waals surface area contributed by atoms with E-state index in [1.807, 2.05) is 12.1 Å². The molecule has 0 aromatic heterocycles. The third-order valence-corrected chi connectivity index (χ3v) is 4.91. The number of rotatable bonds is 4. The zero-order valence-electron chi connectivity index (χ0n) is 10.5. The zero-order valence-corrected chi connectivity index (χ0v) is 13.4. The first-order chi connectivity index (χ1) is 9.06. The molecular formula is C12H14INO4S. The fourth-order valence-corrected chi connectivity index (χ4v) is 3.95. The fourth-order valence-electron chi connectivity index (χ4n) is 1.90. The van der Waals surface area contributed by atoms with Crippen LogP contribution in [0.2, 0.25) is 0 Å². The van der Waals surface area contributed by atoms with E-state index in [0.717, 1.165) is 9.13 Å². The molecule has 1 heterocycles. The number of halogens is 1. The summed E-state index contributed by atoms with van der Waals surface area (Å²) in [5, 5.41) is 12.0. The van der Waals surface area contributed by atoms with Crippen LogP contribution in [-0.4, -0.2) is 37.1 Å². The Labute approximate surface area is 129 Å². The second kappa shape index (κ2) is 6.19. The Morgan fingerprint density at radius 2 is 2.21 bits per heavy atom. The minimum absolute atomic E-state index is 0.0329. The number of hydrogen-bond donors (Lipinski definition) is 2. The summed E-state index contributed by atoms with van der Waals surface area (Å²) in [7, 11) is 3.19. The molecule has 2 N–H and O–H groups in total. The third-order valence-electron chi connectivity index (χ3n) is 2.84. The van der Waals surface area contributed by atoms with Crippen molar-refractivity contribution in [1.82, 2.24) is 5.32 Å². The van der Waals surface area contributed by atoms with E-state index in [1.54, 1.807) is 26.0 Å². The van der Waals surface area contributed by atoms with Crippen molar-refractivity contribution in [2.24, 2.45) is 0 Å². The van der Waals surface area contributed by atoms with E-state index in [2.05, 4.69) is 27.9 Å². The highest BCUT2D eigenvalue weighted by molar-refractivity contribution is 14.1. The van der Waals surface area contributed by atoms with Crippen molar-refractivity contribution in [3.05, 3.63) is 21.3 Å². The topological polar surface area (TPSA) is 67.8 Å². The molecule has 0 radical (unpaired) electrons. The maximum atomic E-state index is 10.9. The van der Waals surface area contributed by atoms with Gasteiger partial charge in [0.05, 0.1) is 23.2 Å². The molecule has 1 fully saturated rings. The van der Waals surface area contributed by atoms with Crippen molar-refractivity contribution < 1.29 is 19.4 Å². The largest absolute Gasteiger partial charge is 0.493 e. The lowest BCUT2D eigenvalue weighted by molar-refractivity contribution is -0.138. The highest BCUT2D eigenvalue weighted by Crippen LogP contribution is 2.40. The third kappa shape index (κ3) is 3.09. The molecule has 1 aromatic carbocycles. The van der Waals surface area contributed by atoms with Crippen LogP contribution in [0.15, 0.2) is 12.1 Å². The molecule has 1 aromatic rings. The molecule has 2 atom stereocenters. The smallest absolute Gasteiger partial charge is 0.321 e. The molecule has 0 unspecified atom stereocenters. The van der Waals surface area contributed by atoms with Crippen LogP contribution in [0, 0.1) is 3.57 Å². The van der Waals surface area contributed by atoms with Crippen LogP contribution in [0.3, 0.4) is 0 Å². The predicted molar refractivity (Wildman–Crippen MR) is 82.0 cm³/mol. The molecule has 1 aliphatic rings. The molecule has 0 amide bonds. The van der Waals surface area contributed by atoms with Crippen molar-refractivity contribution >= 4 is 40.3 Å². The first-order valence-electron chi connectivity index (χ1n) is 5.58. The average molecular weight is 395 g/mol. The normalized spacial score (nSPS) is 22.3. The van der Waals surface area contributed by atoms with E-state index in [0.29, 0.717) is 17.3 Å². The van der Waals surface area contributed by atoms with E-state index in [9.17, 15) is 4.79 Å². The van der Waals surface area contributed by atoms with E-state index in [4.69, 9.17) is 14.6 Å². The molecule has 1 saturated heterocycles. The first kappa shape index (κ1) is 14.7. The highest BCUT2D eigenvalue weighted by Gasteiger charge is 2.31. The molecule has 104 valence electrons. The van der Waals surface area contributed by atoms with Gasteiger partial charge in [-0.25, -0.2) is 0 Å². The van der Waals surface area contributed by atoms with E-state index >= 15 is 0 Å². The Balaban J connectivity index is 2.27. The lowest BCUT2D eigenvalue weighted by Crippen LogP contribution is -2.33. The summed E-state index contributed by atoms with van der Waals surface area (Å²) in [6, 6.07) is 3.37. The van der Waals surface area contributed by atoms with Gasteiger partial charge in [-0.2, -0.15) is 0 Å².